The molecular formula is C27H24ClFN4O4. The number of fused-ring (bicyclic) bond motifs is 3. The van der Waals surface area contributed by atoms with Crippen molar-refractivity contribution in [1.29, 1.82) is 0 Å². The van der Waals surface area contributed by atoms with Gasteiger partial charge in [0.15, 0.2) is 5.69 Å². The van der Waals surface area contributed by atoms with Gasteiger partial charge in [-0.25, -0.2) is 9.18 Å². The van der Waals surface area contributed by atoms with Crippen LogP contribution in [0.5, 0.6) is 5.75 Å². The minimum atomic E-state index is -1.09. The number of allylic oxidation sites excluding steroid dienone is 1. The molecule has 8 nitrogen and oxygen atoms in total. The summed E-state index contributed by atoms with van der Waals surface area (Å²) in [4.78, 5) is 31.1. The Morgan fingerprint density at radius 2 is 2.08 bits per heavy atom. The van der Waals surface area contributed by atoms with Crippen LogP contribution in [-0.2, 0) is 25.0 Å². The van der Waals surface area contributed by atoms with Crippen molar-refractivity contribution in [2.75, 3.05) is 6.54 Å². The molecule has 1 amide bonds. The lowest BCUT2D eigenvalue weighted by atomic mass is 9.95. The fraction of sp³-hybridized carbons (Fsp3) is 0.259. The van der Waals surface area contributed by atoms with Crippen molar-refractivity contribution >= 4 is 29.2 Å². The molecule has 3 aromatic rings. The Hall–Kier alpha value is -3.98. The SMILES string of the molecule is CC1=NC(C(=O)O)=CCC1CN(Cc1cccc(F)c1)C(=O)c1nn(C)c2c1COc1ccc(Cl)cc1-2. The fourth-order valence-corrected chi connectivity index (χ4v) is 4.93. The Kier molecular flexibility index (Phi) is 6.55. The number of aromatic nitrogens is 2. The minimum absolute atomic E-state index is 0.00923. The van der Waals surface area contributed by atoms with Gasteiger partial charge in [0.25, 0.3) is 5.91 Å². The van der Waals surface area contributed by atoms with Crippen molar-refractivity contribution in [2.24, 2.45) is 18.0 Å². The van der Waals surface area contributed by atoms with Gasteiger partial charge in [0, 0.05) is 47.9 Å². The van der Waals surface area contributed by atoms with Crippen molar-refractivity contribution in [1.82, 2.24) is 14.7 Å². The number of ether oxygens (including phenoxy) is 1. The Morgan fingerprint density at radius 3 is 2.81 bits per heavy atom. The van der Waals surface area contributed by atoms with E-state index in [1.807, 2.05) is 0 Å². The first-order valence-corrected chi connectivity index (χ1v) is 12.1. The predicted molar refractivity (Wildman–Crippen MR) is 136 cm³/mol. The molecule has 0 saturated carbocycles. The lowest BCUT2D eigenvalue weighted by Crippen LogP contribution is -2.38. The quantitative estimate of drug-likeness (QED) is 0.498. The molecule has 2 aliphatic heterocycles. The summed E-state index contributed by atoms with van der Waals surface area (Å²) < 4.78 is 21.5. The smallest absolute Gasteiger partial charge is 0.354 e. The van der Waals surface area contributed by atoms with Crippen LogP contribution in [0.2, 0.25) is 5.02 Å². The number of carboxylic acids is 1. The first kappa shape index (κ1) is 24.7. The third-order valence-corrected chi connectivity index (χ3v) is 6.84. The Balaban J connectivity index is 1.50. The van der Waals surface area contributed by atoms with Gasteiger partial charge in [-0.2, -0.15) is 5.10 Å². The lowest BCUT2D eigenvalue weighted by Gasteiger charge is -2.29. The molecule has 1 N–H and O–H groups in total. The zero-order valence-corrected chi connectivity index (χ0v) is 21.0. The first-order valence-electron chi connectivity index (χ1n) is 11.7. The van der Waals surface area contributed by atoms with Crippen LogP contribution >= 0.6 is 11.6 Å². The zero-order chi connectivity index (χ0) is 26.3. The summed E-state index contributed by atoms with van der Waals surface area (Å²) in [6.07, 6.45) is 1.97. The summed E-state index contributed by atoms with van der Waals surface area (Å²) in [5, 5.41) is 14.4. The highest BCUT2D eigenvalue weighted by Crippen LogP contribution is 2.40. The van der Waals surface area contributed by atoms with Gasteiger partial charge in [-0.05, 0) is 49.2 Å². The zero-order valence-electron chi connectivity index (χ0n) is 20.2. The highest BCUT2D eigenvalue weighted by Gasteiger charge is 2.32. The van der Waals surface area contributed by atoms with E-state index >= 15 is 0 Å². The van der Waals surface area contributed by atoms with E-state index in [4.69, 9.17) is 16.3 Å². The predicted octanol–water partition coefficient (Wildman–Crippen LogP) is 4.86. The maximum absolute atomic E-state index is 14.0. The second-order valence-corrected chi connectivity index (χ2v) is 9.56. The Labute approximate surface area is 217 Å². The van der Waals surface area contributed by atoms with Gasteiger partial charge < -0.3 is 14.7 Å². The molecule has 10 heteroatoms. The van der Waals surface area contributed by atoms with Crippen LogP contribution in [0.4, 0.5) is 4.39 Å². The summed E-state index contributed by atoms with van der Waals surface area (Å²) in [5.41, 5.74) is 3.62. The van der Waals surface area contributed by atoms with Crippen LogP contribution in [0.15, 0.2) is 59.2 Å². The van der Waals surface area contributed by atoms with Crippen LogP contribution < -0.4 is 4.74 Å². The van der Waals surface area contributed by atoms with Crippen molar-refractivity contribution in [3.05, 3.63) is 81.9 Å². The normalized spacial score (nSPS) is 16.2. The van der Waals surface area contributed by atoms with Crippen LogP contribution in [0.3, 0.4) is 0 Å². The van der Waals surface area contributed by atoms with E-state index in [9.17, 15) is 19.1 Å². The van der Waals surface area contributed by atoms with E-state index in [1.165, 1.54) is 12.1 Å². The number of carbonyl (C=O) groups is 2. The van der Waals surface area contributed by atoms with Crippen LogP contribution in [0.25, 0.3) is 11.3 Å². The van der Waals surface area contributed by atoms with E-state index in [1.54, 1.807) is 60.0 Å². The van der Waals surface area contributed by atoms with Gasteiger partial charge in [0.2, 0.25) is 0 Å². The third kappa shape index (κ3) is 4.86. The molecule has 1 atom stereocenters. The van der Waals surface area contributed by atoms with Gasteiger partial charge in [-0.15, -0.1) is 0 Å². The number of amides is 1. The molecule has 5 rings (SSSR count). The number of aliphatic imine (C=N–C) groups is 1. The Morgan fingerprint density at radius 1 is 1.27 bits per heavy atom. The minimum Gasteiger partial charge on any atom is -0.488 e. The molecule has 1 unspecified atom stereocenters. The first-order chi connectivity index (χ1) is 17.7. The highest BCUT2D eigenvalue weighted by molar-refractivity contribution is 6.31. The van der Waals surface area contributed by atoms with E-state index in [0.717, 1.165) is 11.3 Å². The molecule has 0 aliphatic carbocycles. The summed E-state index contributed by atoms with van der Waals surface area (Å²) in [6.45, 7) is 2.32. The van der Waals surface area contributed by atoms with E-state index in [-0.39, 0.29) is 42.9 Å². The molecule has 0 fully saturated rings. The van der Waals surface area contributed by atoms with E-state index in [0.29, 0.717) is 34.0 Å². The number of hydrogen-bond acceptors (Lipinski definition) is 5. The van der Waals surface area contributed by atoms with Crippen molar-refractivity contribution in [3.63, 3.8) is 0 Å². The van der Waals surface area contributed by atoms with Gasteiger partial charge in [0.1, 0.15) is 23.9 Å². The molecule has 37 heavy (non-hydrogen) atoms. The monoisotopic (exact) mass is 522 g/mol. The number of halogens is 2. The maximum atomic E-state index is 14.0. The van der Waals surface area contributed by atoms with Crippen molar-refractivity contribution in [2.45, 2.75) is 26.5 Å². The third-order valence-electron chi connectivity index (χ3n) is 6.61. The van der Waals surface area contributed by atoms with Crippen molar-refractivity contribution in [3.8, 4) is 17.0 Å². The van der Waals surface area contributed by atoms with E-state index < -0.39 is 11.8 Å². The molecule has 0 saturated heterocycles. The van der Waals surface area contributed by atoms with Gasteiger partial charge >= 0.3 is 5.97 Å². The fourth-order valence-electron chi connectivity index (χ4n) is 4.76. The maximum Gasteiger partial charge on any atom is 0.354 e. The molecular weight excluding hydrogens is 499 g/mol. The second-order valence-electron chi connectivity index (χ2n) is 9.12. The average molecular weight is 523 g/mol. The number of hydrogen-bond donors (Lipinski definition) is 1. The van der Waals surface area contributed by atoms with Gasteiger partial charge in [-0.3, -0.25) is 14.5 Å². The standard InChI is InChI=1S/C27H24ClFN4O4/c1-15-17(6-8-22(30-15)27(35)36)13-33(12-16-4-3-5-19(29)10-16)26(34)24-21-14-37-23-9-7-18(28)11-20(23)25(21)32(2)31-24/h3-5,7-11,17H,6,12-14H2,1-2H3,(H,35,36). The molecule has 0 radical (unpaired) electrons. The molecule has 2 aromatic carbocycles. The number of carbonyl (C=O) groups excluding carboxylic acids is 1. The summed E-state index contributed by atoms with van der Waals surface area (Å²) in [5.74, 6) is -1.37. The molecule has 0 spiro atoms. The largest absolute Gasteiger partial charge is 0.488 e. The lowest BCUT2D eigenvalue weighted by molar-refractivity contribution is -0.132. The number of aliphatic carboxylic acids is 1. The Bertz CT molecular complexity index is 1480. The number of carboxylic acid groups (broad SMARTS) is 1. The van der Waals surface area contributed by atoms with Crippen LogP contribution in [0.1, 0.15) is 35.0 Å². The van der Waals surface area contributed by atoms with E-state index in [2.05, 4.69) is 10.1 Å². The van der Waals surface area contributed by atoms with Gasteiger partial charge in [0.05, 0.1) is 5.69 Å². The van der Waals surface area contributed by atoms with Gasteiger partial charge in [-0.1, -0.05) is 29.8 Å². The van der Waals surface area contributed by atoms with Crippen LogP contribution in [-0.4, -0.2) is 43.9 Å². The number of benzene rings is 2. The van der Waals surface area contributed by atoms with Crippen LogP contribution in [0, 0.1) is 11.7 Å². The summed E-state index contributed by atoms with van der Waals surface area (Å²) in [7, 11) is 1.76. The summed E-state index contributed by atoms with van der Waals surface area (Å²) in [6, 6.07) is 11.4. The number of nitrogens with zero attached hydrogens (tertiary/aromatic N) is 4. The summed E-state index contributed by atoms with van der Waals surface area (Å²) >= 11 is 6.23. The average Bonchev–Trinajstić information content (AvgIpc) is 3.21. The number of aryl methyl sites for hydroxylation is 1. The number of rotatable bonds is 6. The second kappa shape index (κ2) is 9.82. The van der Waals surface area contributed by atoms with Crippen molar-refractivity contribution < 1.29 is 23.8 Å². The topological polar surface area (TPSA) is 97.0 Å². The molecule has 1 aromatic heterocycles. The molecule has 0 bridgehead atoms. The molecule has 3 heterocycles. The molecule has 190 valence electrons. The molecule has 2 aliphatic rings. The highest BCUT2D eigenvalue weighted by atomic mass is 35.5.